The van der Waals surface area contributed by atoms with Gasteiger partial charge in [0.05, 0.1) is 11.2 Å². The molecule has 7 nitrogen and oxygen atoms in total. The molecule has 0 unspecified atom stereocenters. The molecule has 0 aliphatic carbocycles. The van der Waals surface area contributed by atoms with Gasteiger partial charge < -0.3 is 8.94 Å². The summed E-state index contributed by atoms with van der Waals surface area (Å²) in [6.07, 6.45) is 1.49. The summed E-state index contributed by atoms with van der Waals surface area (Å²) in [5, 5.41) is 8.86. The first kappa shape index (κ1) is 12.6. The summed E-state index contributed by atoms with van der Waals surface area (Å²) in [5.41, 5.74) is 0.484. The first-order valence-electron chi connectivity index (χ1n) is 5.55. The van der Waals surface area contributed by atoms with Gasteiger partial charge in [0, 0.05) is 5.56 Å². The zero-order valence-electron chi connectivity index (χ0n) is 10.1. The molecule has 0 aliphatic heterocycles. The predicted molar refractivity (Wildman–Crippen MR) is 68.8 cm³/mol. The Morgan fingerprint density at radius 3 is 2.70 bits per heavy atom. The van der Waals surface area contributed by atoms with E-state index in [1.165, 1.54) is 18.4 Å². The molecular weight excluding hydrogens is 282 g/mol. The average Bonchev–Trinajstić information content (AvgIpc) is 3.09. The zero-order chi connectivity index (χ0) is 14.2. The van der Waals surface area contributed by atoms with Crippen molar-refractivity contribution in [2.24, 2.45) is 5.14 Å². The lowest BCUT2D eigenvalue weighted by molar-refractivity contribution is 0.417. The highest BCUT2D eigenvalue weighted by atomic mass is 32.2. The van der Waals surface area contributed by atoms with Crippen molar-refractivity contribution in [1.29, 1.82) is 0 Å². The molecule has 2 heterocycles. The second-order valence-electron chi connectivity index (χ2n) is 3.97. The number of nitrogens with two attached hydrogens (primary N) is 1. The standard InChI is InChI=1S/C12H9N3O4S/c13-20(16,17)9-4-1-3-8(7-9)11-14-12(19-15-11)10-5-2-6-18-10/h1-7H,(H2,13,16,17). The number of benzene rings is 1. The van der Waals surface area contributed by atoms with E-state index in [-0.39, 0.29) is 16.6 Å². The van der Waals surface area contributed by atoms with E-state index in [1.54, 1.807) is 24.3 Å². The minimum atomic E-state index is -3.77. The smallest absolute Gasteiger partial charge is 0.293 e. The zero-order valence-corrected chi connectivity index (χ0v) is 10.9. The second-order valence-corrected chi connectivity index (χ2v) is 5.53. The Bertz CT molecular complexity index is 837. The van der Waals surface area contributed by atoms with Crippen LogP contribution in [0.3, 0.4) is 0 Å². The van der Waals surface area contributed by atoms with Gasteiger partial charge in [-0.15, -0.1) is 0 Å². The summed E-state index contributed by atoms with van der Waals surface area (Å²) in [6, 6.07) is 9.36. The second kappa shape index (κ2) is 4.58. The van der Waals surface area contributed by atoms with Crippen molar-refractivity contribution in [3.05, 3.63) is 42.7 Å². The number of primary sulfonamides is 1. The molecule has 8 heteroatoms. The van der Waals surface area contributed by atoms with Crippen LogP contribution in [0.2, 0.25) is 0 Å². The van der Waals surface area contributed by atoms with Crippen molar-refractivity contribution in [3.63, 3.8) is 0 Å². The number of sulfonamides is 1. The normalized spacial score (nSPS) is 11.7. The van der Waals surface area contributed by atoms with Crippen molar-refractivity contribution < 1.29 is 17.4 Å². The van der Waals surface area contributed by atoms with E-state index in [0.717, 1.165) is 0 Å². The van der Waals surface area contributed by atoms with Gasteiger partial charge in [0.15, 0.2) is 5.76 Å². The van der Waals surface area contributed by atoms with Gasteiger partial charge in [0.1, 0.15) is 0 Å². The molecule has 3 aromatic rings. The summed E-state index contributed by atoms with van der Waals surface area (Å²) in [4.78, 5) is 4.12. The van der Waals surface area contributed by atoms with E-state index in [0.29, 0.717) is 11.3 Å². The van der Waals surface area contributed by atoms with Crippen LogP contribution in [-0.4, -0.2) is 18.6 Å². The topological polar surface area (TPSA) is 112 Å². The molecule has 0 amide bonds. The average molecular weight is 291 g/mol. The molecule has 0 saturated heterocycles. The maximum Gasteiger partial charge on any atom is 0.293 e. The van der Waals surface area contributed by atoms with Crippen molar-refractivity contribution in [3.8, 4) is 23.0 Å². The number of hydrogen-bond donors (Lipinski definition) is 1. The summed E-state index contributed by atoms with van der Waals surface area (Å²) in [6.45, 7) is 0. The molecular formula is C12H9N3O4S. The van der Waals surface area contributed by atoms with Gasteiger partial charge in [0.2, 0.25) is 15.8 Å². The lowest BCUT2D eigenvalue weighted by Gasteiger charge is -1.99. The minimum Gasteiger partial charge on any atom is -0.459 e. The minimum absolute atomic E-state index is 0.0145. The Balaban J connectivity index is 2.02. The number of aromatic nitrogens is 2. The molecule has 0 bridgehead atoms. The van der Waals surface area contributed by atoms with E-state index in [9.17, 15) is 8.42 Å². The van der Waals surface area contributed by atoms with Crippen LogP contribution >= 0.6 is 0 Å². The third-order valence-corrected chi connectivity index (χ3v) is 3.49. The Morgan fingerprint density at radius 2 is 2.00 bits per heavy atom. The SMILES string of the molecule is NS(=O)(=O)c1cccc(-c2noc(-c3ccco3)n2)c1. The van der Waals surface area contributed by atoms with Crippen LogP contribution in [0, 0.1) is 0 Å². The Hall–Kier alpha value is -2.45. The molecule has 0 atom stereocenters. The molecule has 1 aromatic carbocycles. The third-order valence-electron chi connectivity index (χ3n) is 2.58. The monoisotopic (exact) mass is 291 g/mol. The lowest BCUT2D eigenvalue weighted by atomic mass is 10.2. The molecule has 0 saturated carbocycles. The maximum absolute atomic E-state index is 11.3. The highest BCUT2D eigenvalue weighted by molar-refractivity contribution is 7.89. The number of nitrogens with zero attached hydrogens (tertiary/aromatic N) is 2. The Morgan fingerprint density at radius 1 is 1.15 bits per heavy atom. The number of rotatable bonds is 3. The summed E-state index contributed by atoms with van der Waals surface area (Å²) >= 11 is 0. The fraction of sp³-hybridized carbons (Fsp3) is 0. The maximum atomic E-state index is 11.3. The molecule has 20 heavy (non-hydrogen) atoms. The fourth-order valence-corrected chi connectivity index (χ4v) is 2.21. The van der Waals surface area contributed by atoms with Gasteiger partial charge in [-0.1, -0.05) is 17.3 Å². The van der Waals surface area contributed by atoms with Crippen LogP contribution < -0.4 is 5.14 Å². The highest BCUT2D eigenvalue weighted by Crippen LogP contribution is 2.23. The number of hydrogen-bond acceptors (Lipinski definition) is 6. The highest BCUT2D eigenvalue weighted by Gasteiger charge is 2.14. The Kier molecular flexibility index (Phi) is 2.88. The van der Waals surface area contributed by atoms with Gasteiger partial charge in [-0.3, -0.25) is 0 Å². The van der Waals surface area contributed by atoms with E-state index in [4.69, 9.17) is 14.1 Å². The van der Waals surface area contributed by atoms with Crippen LogP contribution in [0.1, 0.15) is 0 Å². The van der Waals surface area contributed by atoms with E-state index in [1.807, 2.05) is 0 Å². The summed E-state index contributed by atoms with van der Waals surface area (Å²) in [7, 11) is -3.77. The first-order chi connectivity index (χ1) is 9.54. The van der Waals surface area contributed by atoms with Gasteiger partial charge in [0.25, 0.3) is 5.89 Å². The van der Waals surface area contributed by atoms with Crippen LogP contribution in [0.15, 0.2) is 56.5 Å². The molecule has 2 aromatic heterocycles. The van der Waals surface area contributed by atoms with Crippen molar-refractivity contribution in [1.82, 2.24) is 10.1 Å². The fourth-order valence-electron chi connectivity index (χ4n) is 1.65. The van der Waals surface area contributed by atoms with Crippen LogP contribution in [0.5, 0.6) is 0 Å². The Labute approximate surface area is 114 Å². The van der Waals surface area contributed by atoms with Crippen LogP contribution in [0.25, 0.3) is 23.0 Å². The van der Waals surface area contributed by atoms with Gasteiger partial charge in [-0.2, -0.15) is 4.98 Å². The molecule has 3 rings (SSSR count). The van der Waals surface area contributed by atoms with Crippen molar-refractivity contribution in [2.75, 3.05) is 0 Å². The molecule has 0 radical (unpaired) electrons. The third kappa shape index (κ3) is 2.33. The summed E-state index contributed by atoms with van der Waals surface area (Å²) in [5.74, 6) is 0.902. The summed E-state index contributed by atoms with van der Waals surface area (Å²) < 4.78 is 32.8. The predicted octanol–water partition coefficient (Wildman–Crippen LogP) is 1.64. The quantitative estimate of drug-likeness (QED) is 0.785. The molecule has 0 spiro atoms. The van der Waals surface area contributed by atoms with Crippen LogP contribution in [-0.2, 0) is 10.0 Å². The number of furan rings is 1. The lowest BCUT2D eigenvalue weighted by Crippen LogP contribution is -2.11. The largest absolute Gasteiger partial charge is 0.459 e. The molecule has 0 aliphatic rings. The van der Waals surface area contributed by atoms with Crippen molar-refractivity contribution in [2.45, 2.75) is 4.90 Å². The molecule has 102 valence electrons. The molecule has 2 N–H and O–H groups in total. The van der Waals surface area contributed by atoms with Crippen molar-refractivity contribution >= 4 is 10.0 Å². The molecule has 0 fully saturated rings. The van der Waals surface area contributed by atoms with Crippen LogP contribution in [0.4, 0.5) is 0 Å². The van der Waals surface area contributed by atoms with Gasteiger partial charge >= 0.3 is 0 Å². The van der Waals surface area contributed by atoms with Gasteiger partial charge in [-0.05, 0) is 24.3 Å². The van der Waals surface area contributed by atoms with E-state index < -0.39 is 10.0 Å². The van der Waals surface area contributed by atoms with E-state index in [2.05, 4.69) is 10.1 Å². The van der Waals surface area contributed by atoms with Gasteiger partial charge in [-0.25, -0.2) is 13.6 Å². The first-order valence-corrected chi connectivity index (χ1v) is 7.09. The van der Waals surface area contributed by atoms with E-state index >= 15 is 0 Å².